The van der Waals surface area contributed by atoms with Crippen LogP contribution in [-0.4, -0.2) is 0 Å². The van der Waals surface area contributed by atoms with Crippen molar-refractivity contribution in [2.75, 3.05) is 0 Å². The molecule has 3 aromatic carbocycles. The first-order valence-corrected chi connectivity index (χ1v) is 16.7. The highest BCUT2D eigenvalue weighted by Crippen LogP contribution is 2.44. The fourth-order valence-corrected chi connectivity index (χ4v) is 7.84. The summed E-state index contributed by atoms with van der Waals surface area (Å²) < 4.78 is 54.1. The molecular weight excluding hydrogens is 544 g/mol. The topological polar surface area (TPSA) is 0 Å². The first-order chi connectivity index (χ1) is 20.7. The van der Waals surface area contributed by atoms with E-state index in [0.29, 0.717) is 11.8 Å². The molecule has 3 aromatic rings. The molecule has 0 aromatic heterocycles. The Balaban J connectivity index is 0.000000173. The van der Waals surface area contributed by atoms with Gasteiger partial charge < -0.3 is 0 Å². The van der Waals surface area contributed by atoms with E-state index < -0.39 is 23.3 Å². The van der Waals surface area contributed by atoms with Gasteiger partial charge in [0.05, 0.1) is 0 Å². The van der Waals surface area contributed by atoms with Gasteiger partial charge in [-0.05, 0) is 129 Å². The third kappa shape index (κ3) is 8.11. The maximum atomic E-state index is 14.4. The highest BCUT2D eigenvalue weighted by Gasteiger charge is 2.30. The fraction of sp³-hybridized carbons (Fsp3) is 0.538. The van der Waals surface area contributed by atoms with Crippen molar-refractivity contribution >= 4 is 0 Å². The summed E-state index contributed by atoms with van der Waals surface area (Å²) in [6.07, 6.45) is 16.1. The Hall–Kier alpha value is -2.62. The van der Waals surface area contributed by atoms with Gasteiger partial charge in [-0.2, -0.15) is 0 Å². The first kappa shape index (κ1) is 31.8. The maximum Gasteiger partial charge on any atom is 0.194 e. The monoisotopic (exact) mass is 592 g/mol. The van der Waals surface area contributed by atoms with Crippen LogP contribution in [-0.2, 0) is 0 Å². The van der Waals surface area contributed by atoms with Gasteiger partial charge in [0, 0.05) is 5.56 Å². The van der Waals surface area contributed by atoms with Crippen LogP contribution in [0, 0.1) is 53.9 Å². The molecular formula is C39H48F4. The predicted molar refractivity (Wildman–Crippen MR) is 169 cm³/mol. The number of aryl methyl sites for hydroxylation is 1. The predicted octanol–water partition coefficient (Wildman–Crippen LogP) is 12.3. The van der Waals surface area contributed by atoms with E-state index in [9.17, 15) is 17.6 Å². The van der Waals surface area contributed by atoms with Crippen molar-refractivity contribution in [3.05, 3.63) is 94.6 Å². The van der Waals surface area contributed by atoms with E-state index in [1.807, 2.05) is 0 Å². The fourth-order valence-electron chi connectivity index (χ4n) is 7.84. The van der Waals surface area contributed by atoms with Crippen LogP contribution in [0.1, 0.15) is 119 Å². The van der Waals surface area contributed by atoms with Crippen LogP contribution in [0.15, 0.2) is 54.6 Å². The lowest BCUT2D eigenvalue weighted by Crippen LogP contribution is -2.24. The number of hydrogen-bond acceptors (Lipinski definition) is 0. The minimum atomic E-state index is -1.54. The molecule has 6 rings (SSSR count). The molecule has 0 bridgehead atoms. The van der Waals surface area contributed by atoms with Gasteiger partial charge in [-0.1, -0.05) is 81.5 Å². The van der Waals surface area contributed by atoms with Crippen molar-refractivity contribution in [2.45, 2.75) is 110 Å². The van der Waals surface area contributed by atoms with Crippen molar-refractivity contribution in [1.82, 2.24) is 0 Å². The van der Waals surface area contributed by atoms with Gasteiger partial charge in [0.2, 0.25) is 0 Å². The molecule has 0 heterocycles. The molecule has 0 nitrogen and oxygen atoms in total. The van der Waals surface area contributed by atoms with E-state index in [1.54, 1.807) is 11.6 Å². The zero-order chi connectivity index (χ0) is 30.5. The number of rotatable bonds is 4. The Morgan fingerprint density at radius 1 is 0.488 bits per heavy atom. The lowest BCUT2D eigenvalue weighted by atomic mass is 9.68. The molecule has 232 valence electrons. The van der Waals surface area contributed by atoms with Gasteiger partial charge in [-0.25, -0.2) is 17.6 Å². The number of hydrogen-bond donors (Lipinski definition) is 0. The van der Waals surface area contributed by atoms with E-state index in [2.05, 4.69) is 45.0 Å². The average Bonchev–Trinajstić information content (AvgIpc) is 3.01. The maximum absolute atomic E-state index is 14.4. The summed E-state index contributed by atoms with van der Waals surface area (Å²) >= 11 is 0. The summed E-state index contributed by atoms with van der Waals surface area (Å²) in [6.45, 7) is 6.84. The highest BCUT2D eigenvalue weighted by atomic mass is 19.2. The van der Waals surface area contributed by atoms with Gasteiger partial charge in [-0.15, -0.1) is 0 Å². The van der Waals surface area contributed by atoms with E-state index in [-0.39, 0.29) is 11.1 Å². The minimum absolute atomic E-state index is 0.00252. The van der Waals surface area contributed by atoms with Crippen molar-refractivity contribution in [3.8, 4) is 11.1 Å². The van der Waals surface area contributed by atoms with Crippen LogP contribution in [0.5, 0.6) is 0 Å². The summed E-state index contributed by atoms with van der Waals surface area (Å²) in [5.41, 5.74) is 3.98. The number of halogens is 4. The lowest BCUT2D eigenvalue weighted by Gasteiger charge is -2.37. The molecule has 0 radical (unpaired) electrons. The zero-order valence-corrected chi connectivity index (χ0v) is 26.2. The third-order valence-corrected chi connectivity index (χ3v) is 10.8. The van der Waals surface area contributed by atoms with Crippen LogP contribution >= 0.6 is 0 Å². The Bertz CT molecular complexity index is 1300. The van der Waals surface area contributed by atoms with Crippen molar-refractivity contribution < 1.29 is 17.6 Å². The quantitative estimate of drug-likeness (QED) is 0.209. The molecule has 0 saturated heterocycles. The average molecular weight is 593 g/mol. The largest absolute Gasteiger partial charge is 0.206 e. The minimum Gasteiger partial charge on any atom is -0.206 e. The summed E-state index contributed by atoms with van der Waals surface area (Å²) in [6, 6.07) is 15.7. The Labute approximate surface area is 256 Å². The summed E-state index contributed by atoms with van der Waals surface area (Å²) in [7, 11) is 0. The molecule has 0 amide bonds. The molecule has 43 heavy (non-hydrogen) atoms. The Morgan fingerprint density at radius 2 is 0.930 bits per heavy atom. The molecule has 0 spiro atoms. The number of benzene rings is 3. The van der Waals surface area contributed by atoms with Crippen molar-refractivity contribution in [3.63, 3.8) is 0 Å². The normalized spacial score (nSPS) is 27.7. The summed E-state index contributed by atoms with van der Waals surface area (Å²) in [5.74, 6) is 0.277. The van der Waals surface area contributed by atoms with Crippen LogP contribution in [0.3, 0.4) is 0 Å². The van der Waals surface area contributed by atoms with Gasteiger partial charge >= 0.3 is 0 Å². The Kier molecular flexibility index (Phi) is 10.7. The molecule has 0 N–H and O–H groups in total. The Morgan fingerprint density at radius 3 is 1.47 bits per heavy atom. The van der Waals surface area contributed by atoms with E-state index in [0.717, 1.165) is 67.1 Å². The van der Waals surface area contributed by atoms with Crippen molar-refractivity contribution in [2.24, 2.45) is 23.7 Å². The molecule has 3 aliphatic carbocycles. The van der Waals surface area contributed by atoms with E-state index in [4.69, 9.17) is 0 Å². The van der Waals surface area contributed by atoms with Gasteiger partial charge in [0.25, 0.3) is 0 Å². The van der Waals surface area contributed by atoms with Crippen LogP contribution < -0.4 is 0 Å². The van der Waals surface area contributed by atoms with Gasteiger partial charge in [0.1, 0.15) is 5.82 Å². The highest BCUT2D eigenvalue weighted by molar-refractivity contribution is 5.65. The molecule has 3 fully saturated rings. The molecule has 3 aliphatic rings. The SMILES string of the molecule is CC1CCC(c2ccc(-c3cc(F)c(F)c(F)c3)c(F)c2)CC1.Cc1ccc(C2CCC(C3CCC(C)CC3)CC2)cc1. The van der Waals surface area contributed by atoms with Gasteiger partial charge in [-0.3, -0.25) is 0 Å². The first-order valence-electron chi connectivity index (χ1n) is 16.7. The van der Waals surface area contributed by atoms with Crippen LogP contribution in [0.2, 0.25) is 0 Å². The molecule has 4 heteroatoms. The lowest BCUT2D eigenvalue weighted by molar-refractivity contribution is 0.165. The second-order valence-corrected chi connectivity index (χ2v) is 14.0. The summed E-state index contributed by atoms with van der Waals surface area (Å²) in [5, 5.41) is 0. The standard InChI is InChI=1S/C20H30.C19H18F4/c1-15-3-7-17(8-4-15)19-11-13-20(14-12-19)18-9-5-16(2)6-10-18;1-11-2-4-12(5-3-11)13-6-7-15(16(20)8-13)14-9-17(21)19(23)18(22)10-14/h3-4,7-8,16,18-20H,5-6,9-14H2,1-2H3;6-12H,2-5H2,1H3. The third-order valence-electron chi connectivity index (χ3n) is 10.8. The van der Waals surface area contributed by atoms with Crippen LogP contribution in [0.25, 0.3) is 11.1 Å². The summed E-state index contributed by atoms with van der Waals surface area (Å²) in [4.78, 5) is 0. The van der Waals surface area contributed by atoms with E-state index in [1.165, 1.54) is 69.1 Å². The van der Waals surface area contributed by atoms with Crippen LogP contribution in [0.4, 0.5) is 17.6 Å². The van der Waals surface area contributed by atoms with Gasteiger partial charge in [0.15, 0.2) is 17.5 Å². The molecule has 0 aliphatic heterocycles. The zero-order valence-electron chi connectivity index (χ0n) is 26.2. The molecule has 0 unspecified atom stereocenters. The van der Waals surface area contributed by atoms with Crippen molar-refractivity contribution in [1.29, 1.82) is 0 Å². The molecule has 0 atom stereocenters. The molecule has 3 saturated carbocycles. The second kappa shape index (κ2) is 14.4. The van der Waals surface area contributed by atoms with E-state index >= 15 is 0 Å². The smallest absolute Gasteiger partial charge is 0.194 e. The second-order valence-electron chi connectivity index (χ2n) is 14.0.